The van der Waals surface area contributed by atoms with Gasteiger partial charge in [0.25, 0.3) is 0 Å². The summed E-state index contributed by atoms with van der Waals surface area (Å²) in [6.07, 6.45) is 0.207. The van der Waals surface area contributed by atoms with Crippen LogP contribution >= 0.6 is 0 Å². The average molecular weight is 283 g/mol. The van der Waals surface area contributed by atoms with Crippen LogP contribution in [0.4, 0.5) is 5.69 Å². The van der Waals surface area contributed by atoms with Gasteiger partial charge in [-0.25, -0.2) is 0 Å². The Kier molecular flexibility index (Phi) is 4.89. The lowest BCUT2D eigenvalue weighted by Crippen LogP contribution is -2.06. The van der Waals surface area contributed by atoms with E-state index in [1.807, 2.05) is 19.9 Å². The third kappa shape index (κ3) is 4.25. The molecule has 0 amide bonds. The Morgan fingerprint density at radius 3 is 2.33 bits per heavy atom. The summed E-state index contributed by atoms with van der Waals surface area (Å²) in [5.74, 6) is 0.930. The van der Waals surface area contributed by atoms with E-state index >= 15 is 0 Å². The highest BCUT2D eigenvalue weighted by atomic mass is 16.5. The van der Waals surface area contributed by atoms with Crippen molar-refractivity contribution in [2.75, 3.05) is 5.32 Å². The van der Waals surface area contributed by atoms with E-state index in [9.17, 15) is 0 Å². The van der Waals surface area contributed by atoms with Gasteiger partial charge in [0.05, 0.1) is 6.10 Å². The van der Waals surface area contributed by atoms with Crippen molar-refractivity contribution in [1.82, 2.24) is 0 Å². The van der Waals surface area contributed by atoms with Crippen LogP contribution < -0.4 is 10.1 Å². The molecule has 2 nitrogen and oxygen atoms in total. The molecule has 0 aromatic heterocycles. The lowest BCUT2D eigenvalue weighted by atomic mass is 10.1. The quantitative estimate of drug-likeness (QED) is 0.832. The molecule has 2 heteroatoms. The zero-order chi connectivity index (χ0) is 15.4. The second-order valence-electron chi connectivity index (χ2n) is 5.93. The summed E-state index contributed by atoms with van der Waals surface area (Å²) in [7, 11) is 0. The molecule has 0 aliphatic heterocycles. The smallest absolute Gasteiger partial charge is 0.120 e. The molecule has 112 valence electrons. The minimum Gasteiger partial charge on any atom is -0.491 e. The third-order valence-electron chi connectivity index (χ3n) is 3.54. The van der Waals surface area contributed by atoms with Crippen molar-refractivity contribution < 1.29 is 4.74 Å². The number of benzene rings is 2. The summed E-state index contributed by atoms with van der Waals surface area (Å²) in [6, 6.07) is 12.8. The van der Waals surface area contributed by atoms with E-state index in [1.54, 1.807) is 0 Å². The highest BCUT2D eigenvalue weighted by Crippen LogP contribution is 2.23. The Bertz CT molecular complexity index is 617. The van der Waals surface area contributed by atoms with Gasteiger partial charge in [-0.1, -0.05) is 23.8 Å². The maximum Gasteiger partial charge on any atom is 0.120 e. The molecule has 0 spiro atoms. The number of aryl methyl sites for hydroxylation is 3. The molecule has 0 aliphatic carbocycles. The number of anilines is 1. The molecule has 2 rings (SSSR count). The normalized spacial score (nSPS) is 10.8. The minimum absolute atomic E-state index is 0.207. The minimum atomic E-state index is 0.207. The molecule has 0 radical (unpaired) electrons. The molecule has 0 saturated carbocycles. The molecule has 0 fully saturated rings. The van der Waals surface area contributed by atoms with Crippen LogP contribution in [-0.2, 0) is 6.54 Å². The topological polar surface area (TPSA) is 21.3 Å². The summed E-state index contributed by atoms with van der Waals surface area (Å²) in [6.45, 7) is 11.3. The van der Waals surface area contributed by atoms with Crippen LogP contribution in [-0.4, -0.2) is 6.10 Å². The van der Waals surface area contributed by atoms with Crippen molar-refractivity contribution in [3.8, 4) is 5.75 Å². The lowest BCUT2D eigenvalue weighted by molar-refractivity contribution is 0.242. The Labute approximate surface area is 128 Å². The predicted octanol–water partition coefficient (Wildman–Crippen LogP) is 5.01. The second kappa shape index (κ2) is 6.66. The number of nitrogens with one attached hydrogen (secondary N) is 1. The Morgan fingerprint density at radius 2 is 1.71 bits per heavy atom. The van der Waals surface area contributed by atoms with E-state index in [0.29, 0.717) is 0 Å². The Balaban J connectivity index is 2.06. The van der Waals surface area contributed by atoms with Crippen LogP contribution in [0, 0.1) is 20.8 Å². The molecule has 21 heavy (non-hydrogen) atoms. The zero-order valence-electron chi connectivity index (χ0n) is 13.7. The summed E-state index contributed by atoms with van der Waals surface area (Å²) in [5.41, 5.74) is 6.34. The summed E-state index contributed by atoms with van der Waals surface area (Å²) in [4.78, 5) is 0. The standard InChI is InChI=1S/C19H25NO/c1-13(2)21-18-8-9-19(16(5)11-18)20-12-17-7-6-14(3)10-15(17)4/h6-11,13,20H,12H2,1-5H3. The van der Waals surface area contributed by atoms with Crippen LogP contribution in [0.25, 0.3) is 0 Å². The van der Waals surface area contributed by atoms with Crippen LogP contribution in [0.15, 0.2) is 36.4 Å². The SMILES string of the molecule is Cc1ccc(CNc2ccc(OC(C)C)cc2C)c(C)c1. The average Bonchev–Trinajstić information content (AvgIpc) is 2.39. The van der Waals surface area contributed by atoms with Gasteiger partial charge in [0.15, 0.2) is 0 Å². The first-order chi connectivity index (χ1) is 9.95. The second-order valence-corrected chi connectivity index (χ2v) is 5.93. The Morgan fingerprint density at radius 1 is 0.952 bits per heavy atom. The van der Waals surface area contributed by atoms with Crippen molar-refractivity contribution >= 4 is 5.69 Å². The van der Waals surface area contributed by atoms with Gasteiger partial charge in [0.1, 0.15) is 5.75 Å². The van der Waals surface area contributed by atoms with Gasteiger partial charge in [-0.3, -0.25) is 0 Å². The fourth-order valence-corrected chi connectivity index (χ4v) is 2.41. The lowest BCUT2D eigenvalue weighted by Gasteiger charge is -2.15. The largest absolute Gasteiger partial charge is 0.491 e. The number of ether oxygens (including phenoxy) is 1. The summed E-state index contributed by atoms with van der Waals surface area (Å²) in [5, 5.41) is 3.51. The molecular formula is C19H25NO. The first-order valence-electron chi connectivity index (χ1n) is 7.53. The van der Waals surface area contributed by atoms with Crippen LogP contribution in [0.2, 0.25) is 0 Å². The maximum atomic E-state index is 5.72. The fourth-order valence-electron chi connectivity index (χ4n) is 2.41. The van der Waals surface area contributed by atoms with Gasteiger partial charge < -0.3 is 10.1 Å². The van der Waals surface area contributed by atoms with Gasteiger partial charge in [-0.05, 0) is 69.5 Å². The number of rotatable bonds is 5. The molecule has 2 aromatic carbocycles. The van der Waals surface area contributed by atoms with E-state index < -0.39 is 0 Å². The summed E-state index contributed by atoms with van der Waals surface area (Å²) < 4.78 is 5.72. The molecule has 0 unspecified atom stereocenters. The molecular weight excluding hydrogens is 258 g/mol. The summed E-state index contributed by atoms with van der Waals surface area (Å²) >= 11 is 0. The van der Waals surface area contributed by atoms with Gasteiger partial charge >= 0.3 is 0 Å². The van der Waals surface area contributed by atoms with E-state index in [0.717, 1.165) is 18.0 Å². The Hall–Kier alpha value is -1.96. The van der Waals surface area contributed by atoms with Crippen molar-refractivity contribution in [2.45, 2.75) is 47.3 Å². The number of hydrogen-bond donors (Lipinski definition) is 1. The van der Waals surface area contributed by atoms with Crippen LogP contribution in [0.1, 0.15) is 36.1 Å². The van der Waals surface area contributed by atoms with E-state index in [1.165, 1.54) is 22.3 Å². The predicted molar refractivity (Wildman–Crippen MR) is 90.2 cm³/mol. The first-order valence-corrected chi connectivity index (χ1v) is 7.53. The van der Waals surface area contributed by atoms with E-state index in [4.69, 9.17) is 4.74 Å². The highest BCUT2D eigenvalue weighted by Gasteiger charge is 2.04. The highest BCUT2D eigenvalue weighted by molar-refractivity contribution is 5.54. The molecule has 0 heterocycles. The monoisotopic (exact) mass is 283 g/mol. The molecule has 0 aliphatic rings. The van der Waals surface area contributed by atoms with Gasteiger partial charge in [0.2, 0.25) is 0 Å². The molecule has 0 bridgehead atoms. The van der Waals surface area contributed by atoms with Crippen molar-refractivity contribution in [3.05, 3.63) is 58.7 Å². The zero-order valence-corrected chi connectivity index (χ0v) is 13.7. The van der Waals surface area contributed by atoms with E-state index in [-0.39, 0.29) is 6.10 Å². The van der Waals surface area contributed by atoms with Crippen molar-refractivity contribution in [2.24, 2.45) is 0 Å². The van der Waals surface area contributed by atoms with Gasteiger partial charge in [-0.2, -0.15) is 0 Å². The van der Waals surface area contributed by atoms with Gasteiger partial charge in [-0.15, -0.1) is 0 Å². The van der Waals surface area contributed by atoms with Crippen molar-refractivity contribution in [3.63, 3.8) is 0 Å². The van der Waals surface area contributed by atoms with Crippen molar-refractivity contribution in [1.29, 1.82) is 0 Å². The molecule has 1 N–H and O–H groups in total. The van der Waals surface area contributed by atoms with Crippen LogP contribution in [0.3, 0.4) is 0 Å². The third-order valence-corrected chi connectivity index (χ3v) is 3.54. The fraction of sp³-hybridized carbons (Fsp3) is 0.368. The number of hydrogen-bond acceptors (Lipinski definition) is 2. The maximum absolute atomic E-state index is 5.72. The van der Waals surface area contributed by atoms with Gasteiger partial charge in [0, 0.05) is 12.2 Å². The van der Waals surface area contributed by atoms with Crippen LogP contribution in [0.5, 0.6) is 5.75 Å². The van der Waals surface area contributed by atoms with E-state index in [2.05, 4.69) is 56.4 Å². The molecule has 0 saturated heterocycles. The first kappa shape index (κ1) is 15.4. The molecule has 0 atom stereocenters. The molecule has 2 aromatic rings.